The molecule has 18 heavy (non-hydrogen) atoms. The summed E-state index contributed by atoms with van der Waals surface area (Å²) in [5.74, 6) is 0.601. The predicted molar refractivity (Wildman–Crippen MR) is 67.9 cm³/mol. The van der Waals surface area contributed by atoms with Crippen LogP contribution >= 0.6 is 0 Å². The molecule has 0 aromatic carbocycles. The van der Waals surface area contributed by atoms with E-state index in [1.807, 2.05) is 0 Å². The van der Waals surface area contributed by atoms with E-state index in [-0.39, 0.29) is 5.91 Å². The SMILES string of the molecule is O=C(CC1CC2CCC(C1)N2)Nc1cncnc1. The van der Waals surface area contributed by atoms with E-state index < -0.39 is 0 Å². The molecule has 96 valence electrons. The highest BCUT2D eigenvalue weighted by Gasteiger charge is 2.34. The summed E-state index contributed by atoms with van der Waals surface area (Å²) in [7, 11) is 0. The van der Waals surface area contributed by atoms with Crippen LogP contribution in [0, 0.1) is 5.92 Å². The van der Waals surface area contributed by atoms with Gasteiger partial charge in [-0.15, -0.1) is 0 Å². The second-order valence-corrected chi connectivity index (χ2v) is 5.35. The van der Waals surface area contributed by atoms with Crippen LogP contribution in [0.2, 0.25) is 0 Å². The first-order valence-corrected chi connectivity index (χ1v) is 6.60. The third kappa shape index (κ3) is 2.67. The van der Waals surface area contributed by atoms with Crippen LogP contribution in [-0.2, 0) is 4.79 Å². The lowest BCUT2D eigenvalue weighted by atomic mass is 9.89. The van der Waals surface area contributed by atoms with Crippen molar-refractivity contribution >= 4 is 11.6 Å². The summed E-state index contributed by atoms with van der Waals surface area (Å²) in [6, 6.07) is 1.28. The molecule has 1 amide bonds. The molecule has 2 N–H and O–H groups in total. The molecule has 2 aliphatic rings. The van der Waals surface area contributed by atoms with Crippen LogP contribution in [0.25, 0.3) is 0 Å². The van der Waals surface area contributed by atoms with Gasteiger partial charge in [0.05, 0.1) is 18.1 Å². The van der Waals surface area contributed by atoms with Gasteiger partial charge in [0.25, 0.3) is 0 Å². The Morgan fingerprint density at radius 3 is 2.61 bits per heavy atom. The number of carbonyl (C=O) groups excluding carboxylic acids is 1. The van der Waals surface area contributed by atoms with Gasteiger partial charge in [-0.05, 0) is 31.6 Å². The van der Waals surface area contributed by atoms with Gasteiger partial charge in [0.2, 0.25) is 5.91 Å². The summed E-state index contributed by atoms with van der Waals surface area (Å²) in [6.07, 6.45) is 10.1. The van der Waals surface area contributed by atoms with Crippen molar-refractivity contribution in [2.75, 3.05) is 5.32 Å². The first kappa shape index (κ1) is 11.6. The van der Waals surface area contributed by atoms with Crippen LogP contribution in [0.4, 0.5) is 5.69 Å². The van der Waals surface area contributed by atoms with Gasteiger partial charge >= 0.3 is 0 Å². The molecule has 3 rings (SSSR count). The minimum atomic E-state index is 0.0797. The third-order valence-corrected chi connectivity index (χ3v) is 3.89. The second kappa shape index (κ2) is 5.02. The van der Waals surface area contributed by atoms with Crippen LogP contribution in [0.5, 0.6) is 0 Å². The Kier molecular flexibility index (Phi) is 3.23. The van der Waals surface area contributed by atoms with Gasteiger partial charge < -0.3 is 10.6 Å². The third-order valence-electron chi connectivity index (χ3n) is 3.89. The number of amides is 1. The van der Waals surface area contributed by atoms with Gasteiger partial charge in [0, 0.05) is 18.5 Å². The number of anilines is 1. The molecule has 2 bridgehead atoms. The average Bonchev–Trinajstić information content (AvgIpc) is 2.70. The van der Waals surface area contributed by atoms with Crippen LogP contribution in [0.15, 0.2) is 18.7 Å². The molecular formula is C13H18N4O. The lowest BCUT2D eigenvalue weighted by Crippen LogP contribution is -2.39. The number of nitrogens with zero attached hydrogens (tertiary/aromatic N) is 2. The van der Waals surface area contributed by atoms with Crippen molar-refractivity contribution in [1.82, 2.24) is 15.3 Å². The Labute approximate surface area is 106 Å². The lowest BCUT2D eigenvalue weighted by Gasteiger charge is -2.28. The Balaban J connectivity index is 1.52. The minimum Gasteiger partial charge on any atom is -0.323 e. The predicted octanol–water partition coefficient (Wildman–Crippen LogP) is 1.34. The summed E-state index contributed by atoms with van der Waals surface area (Å²) in [4.78, 5) is 19.7. The number of nitrogens with one attached hydrogen (secondary N) is 2. The highest BCUT2D eigenvalue weighted by molar-refractivity contribution is 5.90. The van der Waals surface area contributed by atoms with Crippen LogP contribution in [0.1, 0.15) is 32.1 Å². The van der Waals surface area contributed by atoms with E-state index in [4.69, 9.17) is 0 Å². The number of rotatable bonds is 3. The first-order chi connectivity index (χ1) is 8.79. The van der Waals surface area contributed by atoms with Crippen LogP contribution in [-0.4, -0.2) is 28.0 Å². The summed E-state index contributed by atoms with van der Waals surface area (Å²) in [6.45, 7) is 0. The zero-order valence-electron chi connectivity index (χ0n) is 10.3. The van der Waals surface area contributed by atoms with Crippen molar-refractivity contribution < 1.29 is 4.79 Å². The van der Waals surface area contributed by atoms with E-state index in [2.05, 4.69) is 20.6 Å². The molecule has 5 heteroatoms. The average molecular weight is 246 g/mol. The highest BCUT2D eigenvalue weighted by atomic mass is 16.1. The molecule has 2 saturated heterocycles. The molecule has 0 spiro atoms. The molecular weight excluding hydrogens is 228 g/mol. The smallest absolute Gasteiger partial charge is 0.224 e. The molecule has 1 aromatic rings. The molecule has 2 aliphatic heterocycles. The molecule has 2 fully saturated rings. The fraction of sp³-hybridized carbons (Fsp3) is 0.615. The van der Waals surface area contributed by atoms with E-state index in [1.165, 1.54) is 19.2 Å². The topological polar surface area (TPSA) is 66.9 Å². The zero-order valence-corrected chi connectivity index (χ0v) is 10.3. The van der Waals surface area contributed by atoms with Crippen molar-refractivity contribution in [3.8, 4) is 0 Å². The lowest BCUT2D eigenvalue weighted by molar-refractivity contribution is -0.117. The van der Waals surface area contributed by atoms with Gasteiger partial charge in [-0.3, -0.25) is 4.79 Å². The monoisotopic (exact) mass is 246 g/mol. The normalized spacial score (nSPS) is 30.1. The van der Waals surface area contributed by atoms with Crippen molar-refractivity contribution in [3.63, 3.8) is 0 Å². The summed E-state index contributed by atoms with van der Waals surface area (Å²) >= 11 is 0. The van der Waals surface area contributed by atoms with E-state index in [0.717, 1.165) is 12.8 Å². The molecule has 0 aliphatic carbocycles. The fourth-order valence-electron chi connectivity index (χ4n) is 3.18. The quantitative estimate of drug-likeness (QED) is 0.844. The Morgan fingerprint density at radius 2 is 1.94 bits per heavy atom. The van der Waals surface area contributed by atoms with Crippen molar-refractivity contribution in [2.45, 2.75) is 44.2 Å². The van der Waals surface area contributed by atoms with Crippen molar-refractivity contribution in [1.29, 1.82) is 0 Å². The minimum absolute atomic E-state index is 0.0797. The molecule has 0 radical (unpaired) electrons. The number of carbonyl (C=O) groups is 1. The maximum absolute atomic E-state index is 11.9. The Morgan fingerprint density at radius 1 is 1.28 bits per heavy atom. The summed E-state index contributed by atoms with van der Waals surface area (Å²) < 4.78 is 0. The number of fused-ring (bicyclic) bond motifs is 2. The molecule has 1 aromatic heterocycles. The van der Waals surface area contributed by atoms with E-state index in [9.17, 15) is 4.79 Å². The highest BCUT2D eigenvalue weighted by Crippen LogP contribution is 2.32. The Bertz CT molecular complexity index is 410. The molecule has 2 atom stereocenters. The van der Waals surface area contributed by atoms with Crippen LogP contribution in [0.3, 0.4) is 0 Å². The van der Waals surface area contributed by atoms with Gasteiger partial charge in [-0.25, -0.2) is 9.97 Å². The maximum atomic E-state index is 11.9. The maximum Gasteiger partial charge on any atom is 0.224 e. The van der Waals surface area contributed by atoms with Crippen LogP contribution < -0.4 is 10.6 Å². The van der Waals surface area contributed by atoms with Gasteiger partial charge in [0.1, 0.15) is 6.33 Å². The van der Waals surface area contributed by atoms with Gasteiger partial charge in [0.15, 0.2) is 0 Å². The first-order valence-electron chi connectivity index (χ1n) is 6.60. The van der Waals surface area contributed by atoms with Crippen molar-refractivity contribution in [2.24, 2.45) is 5.92 Å². The molecule has 3 heterocycles. The van der Waals surface area contributed by atoms with Gasteiger partial charge in [-0.2, -0.15) is 0 Å². The number of piperidine rings is 1. The summed E-state index contributed by atoms with van der Waals surface area (Å²) in [5, 5.41) is 6.45. The van der Waals surface area contributed by atoms with E-state index in [0.29, 0.717) is 30.1 Å². The summed E-state index contributed by atoms with van der Waals surface area (Å²) in [5.41, 5.74) is 0.680. The standard InChI is InChI=1S/C13H18N4O/c18-13(17-12-6-14-8-15-7-12)5-9-3-10-1-2-11(4-9)16-10/h6-11,16H,1-5H2,(H,17,18). The number of hydrogen-bond donors (Lipinski definition) is 2. The zero-order chi connectivity index (χ0) is 12.4. The molecule has 0 saturated carbocycles. The van der Waals surface area contributed by atoms with E-state index >= 15 is 0 Å². The number of aromatic nitrogens is 2. The van der Waals surface area contributed by atoms with E-state index in [1.54, 1.807) is 12.4 Å². The largest absolute Gasteiger partial charge is 0.323 e. The second-order valence-electron chi connectivity index (χ2n) is 5.35. The fourth-order valence-corrected chi connectivity index (χ4v) is 3.18. The van der Waals surface area contributed by atoms with Crippen molar-refractivity contribution in [3.05, 3.63) is 18.7 Å². The van der Waals surface area contributed by atoms with Gasteiger partial charge in [-0.1, -0.05) is 0 Å². The Hall–Kier alpha value is -1.49. The molecule has 5 nitrogen and oxygen atoms in total. The number of hydrogen-bond acceptors (Lipinski definition) is 4. The molecule has 2 unspecified atom stereocenters.